The van der Waals surface area contributed by atoms with Gasteiger partial charge in [0, 0.05) is 6.20 Å². The van der Waals surface area contributed by atoms with Gasteiger partial charge in [-0.1, -0.05) is 0 Å². The van der Waals surface area contributed by atoms with Gasteiger partial charge in [-0.25, -0.2) is 20.1 Å². The predicted molar refractivity (Wildman–Crippen MR) is 84.2 cm³/mol. The summed E-state index contributed by atoms with van der Waals surface area (Å²) >= 11 is 0. The number of aliphatic imine (C=N–C) groups is 1. The van der Waals surface area contributed by atoms with E-state index in [1.165, 1.54) is 24.1 Å². The summed E-state index contributed by atoms with van der Waals surface area (Å²) in [6.07, 6.45) is -4.15. The molecule has 3 aliphatic rings. The number of rotatable bonds is 4. The van der Waals surface area contributed by atoms with Crippen LogP contribution in [-0.2, 0) is 23.8 Å². The number of nitrogens with two attached hydrogens (primary N) is 1. The first-order valence-corrected chi connectivity index (χ1v) is 8.07. The van der Waals surface area contributed by atoms with Gasteiger partial charge in [0.15, 0.2) is 24.3 Å². The van der Waals surface area contributed by atoms with Crippen molar-refractivity contribution in [3.8, 4) is 0 Å². The summed E-state index contributed by atoms with van der Waals surface area (Å²) in [6, 6.07) is -1.25. The monoisotopic (exact) mass is 388 g/mol. The summed E-state index contributed by atoms with van der Waals surface area (Å²) < 4.78 is 15.6. The van der Waals surface area contributed by atoms with Gasteiger partial charge in [0.05, 0.1) is 12.7 Å². The van der Waals surface area contributed by atoms with Gasteiger partial charge in [-0.3, -0.25) is 0 Å². The summed E-state index contributed by atoms with van der Waals surface area (Å²) in [7, 11) is 0. The second-order valence-electron chi connectivity index (χ2n) is 6.08. The van der Waals surface area contributed by atoms with Crippen LogP contribution in [0.4, 0.5) is 4.79 Å². The molecule has 0 amide bonds. The van der Waals surface area contributed by atoms with Crippen molar-refractivity contribution in [3.05, 3.63) is 12.3 Å². The third-order valence-electron chi connectivity index (χ3n) is 4.20. The molecule has 0 aliphatic carbocycles. The maximum atomic E-state index is 11.6. The normalized spacial score (nSPS) is 34.3. The molecule has 0 spiro atoms. The molecular weight excluding hydrogens is 368 g/mol. The first-order chi connectivity index (χ1) is 12.8. The van der Waals surface area contributed by atoms with Gasteiger partial charge in [0.2, 0.25) is 6.35 Å². The Morgan fingerprint density at radius 1 is 1.48 bits per heavy atom. The molecule has 7 atom stereocenters. The number of ether oxygens (including phenoxy) is 3. The molecule has 13 heteroatoms. The van der Waals surface area contributed by atoms with Crippen LogP contribution in [0.2, 0.25) is 0 Å². The van der Waals surface area contributed by atoms with Gasteiger partial charge < -0.3 is 45.0 Å². The lowest BCUT2D eigenvalue weighted by Crippen LogP contribution is -2.48. The van der Waals surface area contributed by atoms with E-state index < -0.39 is 61.8 Å². The fraction of sp³-hybridized carbons (Fsp3) is 0.643. The van der Waals surface area contributed by atoms with E-state index >= 15 is 0 Å². The number of amidine groups is 1. The van der Waals surface area contributed by atoms with Gasteiger partial charge in [0.25, 0.3) is 0 Å². The minimum Gasteiger partial charge on any atom is -0.424 e. The Morgan fingerprint density at radius 3 is 2.81 bits per heavy atom. The zero-order chi connectivity index (χ0) is 19.7. The molecule has 3 rings (SSSR count). The first kappa shape index (κ1) is 19.3. The Labute approximate surface area is 152 Å². The predicted octanol–water partition coefficient (Wildman–Crippen LogP) is -3.13. The SMILES string of the molecule is C[C@H](O)[C@H](N)C(=O)ONC1=NC(O)N([C@@H]2O[C@H](CO)[C@H]3OC(=O)O[C@H]32)C=C1. The van der Waals surface area contributed by atoms with Crippen LogP contribution in [0.1, 0.15) is 6.92 Å². The molecule has 150 valence electrons. The molecule has 13 nitrogen and oxygen atoms in total. The second-order valence-corrected chi connectivity index (χ2v) is 6.08. The number of carbonyl (C=O) groups is 2. The molecule has 0 aromatic rings. The first-order valence-electron chi connectivity index (χ1n) is 8.07. The van der Waals surface area contributed by atoms with E-state index in [1.54, 1.807) is 0 Å². The lowest BCUT2D eigenvalue weighted by atomic mass is 10.1. The number of hydroxylamine groups is 1. The fourth-order valence-corrected chi connectivity index (χ4v) is 2.72. The molecule has 0 aromatic carbocycles. The van der Waals surface area contributed by atoms with Crippen LogP contribution in [-0.4, -0.2) is 87.8 Å². The van der Waals surface area contributed by atoms with Crippen LogP contribution >= 0.6 is 0 Å². The molecule has 0 saturated carbocycles. The quantitative estimate of drug-likeness (QED) is 0.241. The highest BCUT2D eigenvalue weighted by Crippen LogP contribution is 2.34. The van der Waals surface area contributed by atoms with Crippen LogP contribution in [0, 0.1) is 0 Å². The van der Waals surface area contributed by atoms with Crippen molar-refractivity contribution in [1.29, 1.82) is 0 Å². The maximum Gasteiger partial charge on any atom is 0.509 e. The number of aliphatic hydroxyl groups excluding tert-OH is 3. The standard InChI is InChI=1S/C14H20N4O9/c1-5(20)8(15)12(21)27-17-7-2-3-18(13(22)16-7)11-10-9(6(4-19)24-11)25-14(23)26-10/h2-3,5-6,8-11,13,19-20,22H,4,15H2,1H3,(H,16,17)/t5-,6+,8-,9+,10+,11+,13?/m0/s1. The van der Waals surface area contributed by atoms with E-state index in [4.69, 9.17) is 24.8 Å². The molecule has 0 bridgehead atoms. The molecule has 3 aliphatic heterocycles. The molecule has 2 fully saturated rings. The third kappa shape index (κ3) is 3.81. The summed E-state index contributed by atoms with van der Waals surface area (Å²) in [5.74, 6) is -0.918. The van der Waals surface area contributed by atoms with Crippen molar-refractivity contribution in [3.63, 3.8) is 0 Å². The molecule has 0 radical (unpaired) electrons. The Balaban J connectivity index is 1.61. The van der Waals surface area contributed by atoms with E-state index in [2.05, 4.69) is 10.5 Å². The van der Waals surface area contributed by atoms with Crippen LogP contribution in [0.25, 0.3) is 0 Å². The minimum atomic E-state index is -1.47. The van der Waals surface area contributed by atoms with E-state index in [1.807, 2.05) is 0 Å². The number of hydrogen-bond acceptors (Lipinski definition) is 13. The lowest BCUT2D eigenvalue weighted by molar-refractivity contribution is -0.152. The van der Waals surface area contributed by atoms with Crippen molar-refractivity contribution < 1.29 is 44.0 Å². The third-order valence-corrected chi connectivity index (χ3v) is 4.20. The maximum absolute atomic E-state index is 11.6. The molecule has 0 aromatic heterocycles. The van der Waals surface area contributed by atoms with E-state index in [0.29, 0.717) is 0 Å². The number of carbonyl (C=O) groups excluding carboxylic acids is 2. The van der Waals surface area contributed by atoms with Gasteiger partial charge in [-0.05, 0) is 13.0 Å². The highest BCUT2D eigenvalue weighted by atomic mass is 16.8. The molecular formula is C14H20N4O9. The lowest BCUT2D eigenvalue weighted by Gasteiger charge is -2.33. The van der Waals surface area contributed by atoms with Gasteiger partial charge >= 0.3 is 12.1 Å². The largest absolute Gasteiger partial charge is 0.509 e. The zero-order valence-corrected chi connectivity index (χ0v) is 14.2. The van der Waals surface area contributed by atoms with Gasteiger partial charge in [0.1, 0.15) is 12.1 Å². The topological polar surface area (TPSA) is 185 Å². The molecule has 27 heavy (non-hydrogen) atoms. The molecule has 1 unspecified atom stereocenters. The van der Waals surface area contributed by atoms with Gasteiger partial charge in [-0.15, -0.1) is 0 Å². The number of nitrogens with one attached hydrogen (secondary N) is 1. The fourth-order valence-electron chi connectivity index (χ4n) is 2.72. The summed E-state index contributed by atoms with van der Waals surface area (Å²) in [5.41, 5.74) is 7.64. The second kappa shape index (κ2) is 7.66. The van der Waals surface area contributed by atoms with E-state index in [0.717, 1.165) is 0 Å². The number of fused-ring (bicyclic) bond motifs is 1. The average Bonchev–Trinajstić information content (AvgIpc) is 3.16. The summed E-state index contributed by atoms with van der Waals surface area (Å²) in [4.78, 5) is 32.7. The highest BCUT2D eigenvalue weighted by molar-refractivity contribution is 5.93. The van der Waals surface area contributed by atoms with E-state index in [9.17, 15) is 24.9 Å². The Morgan fingerprint density at radius 2 is 2.19 bits per heavy atom. The van der Waals surface area contributed by atoms with Crippen LogP contribution in [0.3, 0.4) is 0 Å². The van der Waals surface area contributed by atoms with E-state index in [-0.39, 0.29) is 5.84 Å². The Hall–Kier alpha value is -2.45. The van der Waals surface area contributed by atoms with Crippen LogP contribution in [0.15, 0.2) is 17.3 Å². The van der Waals surface area contributed by atoms with Crippen molar-refractivity contribution >= 4 is 18.0 Å². The van der Waals surface area contributed by atoms with Crippen molar-refractivity contribution in [2.45, 2.75) is 50.0 Å². The minimum absolute atomic E-state index is 0.00202. The zero-order valence-electron chi connectivity index (χ0n) is 14.2. The van der Waals surface area contributed by atoms with Crippen molar-refractivity contribution in [1.82, 2.24) is 10.4 Å². The average molecular weight is 388 g/mol. The highest BCUT2D eigenvalue weighted by Gasteiger charge is 2.56. The van der Waals surface area contributed by atoms with Crippen molar-refractivity contribution in [2.24, 2.45) is 10.7 Å². The summed E-state index contributed by atoms with van der Waals surface area (Å²) in [5, 5.41) is 28.8. The molecule has 2 saturated heterocycles. The molecule has 6 N–H and O–H groups in total. The number of nitrogens with zero attached hydrogens (tertiary/aromatic N) is 2. The number of hydrogen-bond donors (Lipinski definition) is 5. The Bertz CT molecular complexity index is 654. The number of aliphatic hydroxyl groups is 3. The van der Waals surface area contributed by atoms with Gasteiger partial charge in [-0.2, -0.15) is 0 Å². The summed E-state index contributed by atoms with van der Waals surface area (Å²) in [6.45, 7) is 0.928. The van der Waals surface area contributed by atoms with Crippen molar-refractivity contribution in [2.75, 3.05) is 6.61 Å². The molecule has 3 heterocycles. The van der Waals surface area contributed by atoms with Crippen LogP contribution < -0.4 is 11.2 Å². The smallest absolute Gasteiger partial charge is 0.424 e. The Kier molecular flexibility index (Phi) is 5.48. The van der Waals surface area contributed by atoms with Crippen LogP contribution in [0.5, 0.6) is 0 Å².